The van der Waals surface area contributed by atoms with Gasteiger partial charge in [-0.15, -0.1) is 0 Å². The maximum atomic E-state index is 13.4. The second-order valence-corrected chi connectivity index (χ2v) is 8.90. The number of carbonyl (C=O) groups is 2. The Hall–Kier alpha value is -3.99. The summed E-state index contributed by atoms with van der Waals surface area (Å²) in [7, 11) is 0. The Bertz CT molecular complexity index is 1250. The lowest BCUT2D eigenvalue weighted by Gasteiger charge is -2.19. The molecular formula is C20H26BrFN8O7. The summed E-state index contributed by atoms with van der Waals surface area (Å²) in [6, 6.07) is 3.90. The van der Waals surface area contributed by atoms with E-state index in [4.69, 9.17) is 15.6 Å². The van der Waals surface area contributed by atoms with E-state index >= 15 is 0 Å². The number of ether oxygens (including phenoxy) is 1. The molecule has 2 heterocycles. The topological polar surface area (TPSA) is 213 Å². The van der Waals surface area contributed by atoms with E-state index < -0.39 is 29.4 Å². The third kappa shape index (κ3) is 9.19. The summed E-state index contributed by atoms with van der Waals surface area (Å²) in [6.45, 7) is 6.60. The van der Waals surface area contributed by atoms with Gasteiger partial charge in [0, 0.05) is 26.2 Å². The molecular weight excluding hydrogens is 563 g/mol. The van der Waals surface area contributed by atoms with Crippen LogP contribution in [0.5, 0.6) is 0 Å². The summed E-state index contributed by atoms with van der Waals surface area (Å²) in [5, 5.41) is 27.0. The Morgan fingerprint density at radius 1 is 1.19 bits per heavy atom. The molecule has 0 saturated carbocycles. The van der Waals surface area contributed by atoms with Crippen LogP contribution in [0.4, 0.5) is 19.8 Å². The average Bonchev–Trinajstić information content (AvgIpc) is 3.42. The monoisotopic (exact) mass is 588 g/mol. The second-order valence-electron chi connectivity index (χ2n) is 8.04. The van der Waals surface area contributed by atoms with Crippen molar-refractivity contribution >= 4 is 33.9 Å². The standard InChI is InChI=1S/C13H10BrFN6O5.C7H16N2O2/c14-7-5-6(1-2-8(7)15)21-11(20-25-13(21)24)9-10(19-26-18-9)16-3-4-17-12(22)23;1-7(2,3)11-6(10)9-5-4-8/h1-2,5,17H,3-4H2,(H,16,19)(H,22,23);4-5,8H2,1-3H3,(H,9,10). The highest BCUT2D eigenvalue weighted by atomic mass is 79.9. The molecule has 2 aromatic heterocycles. The molecule has 15 nitrogen and oxygen atoms in total. The lowest BCUT2D eigenvalue weighted by molar-refractivity contribution is 0.0529. The van der Waals surface area contributed by atoms with E-state index in [1.54, 1.807) is 0 Å². The van der Waals surface area contributed by atoms with Gasteiger partial charge < -0.3 is 31.5 Å². The Labute approximate surface area is 217 Å². The van der Waals surface area contributed by atoms with E-state index in [9.17, 15) is 18.8 Å². The number of halogens is 2. The molecule has 0 fully saturated rings. The molecule has 3 rings (SSSR count). The first-order chi connectivity index (χ1) is 17.4. The van der Waals surface area contributed by atoms with Crippen molar-refractivity contribution in [2.24, 2.45) is 5.73 Å². The van der Waals surface area contributed by atoms with E-state index in [0.717, 1.165) is 4.57 Å². The van der Waals surface area contributed by atoms with E-state index in [0.29, 0.717) is 13.1 Å². The van der Waals surface area contributed by atoms with Gasteiger partial charge in [-0.3, -0.25) is 4.52 Å². The minimum Gasteiger partial charge on any atom is -0.465 e. The SMILES string of the molecule is CC(C)(C)OC(=O)NCCN.O=C(O)NCCNc1nonc1-c1noc(=O)n1-c1ccc(F)c(Br)c1. The summed E-state index contributed by atoms with van der Waals surface area (Å²) < 4.78 is 28.9. The van der Waals surface area contributed by atoms with Gasteiger partial charge in [0.05, 0.1) is 10.2 Å². The molecule has 6 N–H and O–H groups in total. The lowest BCUT2D eigenvalue weighted by atomic mass is 10.2. The van der Waals surface area contributed by atoms with Crippen molar-refractivity contribution in [1.82, 2.24) is 30.7 Å². The van der Waals surface area contributed by atoms with Gasteiger partial charge in [-0.2, -0.15) is 0 Å². The largest absolute Gasteiger partial charge is 0.465 e. The van der Waals surface area contributed by atoms with Crippen molar-refractivity contribution in [1.29, 1.82) is 0 Å². The number of amides is 2. The number of alkyl carbamates (subject to hydrolysis) is 1. The highest BCUT2D eigenvalue weighted by Crippen LogP contribution is 2.26. The van der Waals surface area contributed by atoms with Crippen molar-refractivity contribution < 1.29 is 33.0 Å². The number of benzene rings is 1. The number of hydrogen-bond acceptors (Lipinski definition) is 11. The molecule has 0 aliphatic carbocycles. The summed E-state index contributed by atoms with van der Waals surface area (Å²) in [5.41, 5.74) is 5.08. The molecule has 0 aliphatic rings. The molecule has 37 heavy (non-hydrogen) atoms. The molecule has 2 amide bonds. The number of nitrogens with one attached hydrogen (secondary N) is 3. The van der Waals surface area contributed by atoms with Gasteiger partial charge >= 0.3 is 17.9 Å². The third-order valence-electron chi connectivity index (χ3n) is 3.97. The van der Waals surface area contributed by atoms with Crippen LogP contribution in [-0.4, -0.2) is 69.1 Å². The van der Waals surface area contributed by atoms with Crippen molar-refractivity contribution in [2.45, 2.75) is 26.4 Å². The van der Waals surface area contributed by atoms with E-state index in [2.05, 4.69) is 56.5 Å². The van der Waals surface area contributed by atoms with Gasteiger partial charge in [0.1, 0.15) is 11.4 Å². The Balaban J connectivity index is 0.000000371. The summed E-state index contributed by atoms with van der Waals surface area (Å²) >= 11 is 3.04. The first-order valence-corrected chi connectivity index (χ1v) is 11.5. The van der Waals surface area contributed by atoms with E-state index in [-0.39, 0.29) is 40.6 Å². The van der Waals surface area contributed by atoms with Crippen molar-refractivity contribution in [3.8, 4) is 17.2 Å². The lowest BCUT2D eigenvalue weighted by Crippen LogP contribution is -2.35. The predicted octanol–water partition coefficient (Wildman–Crippen LogP) is 1.93. The van der Waals surface area contributed by atoms with Crippen LogP contribution in [-0.2, 0) is 4.74 Å². The second kappa shape index (κ2) is 13.4. The Morgan fingerprint density at radius 3 is 2.54 bits per heavy atom. The quantitative estimate of drug-likeness (QED) is 0.239. The van der Waals surface area contributed by atoms with Crippen LogP contribution in [0.1, 0.15) is 20.8 Å². The molecule has 0 saturated heterocycles. The fourth-order valence-corrected chi connectivity index (χ4v) is 2.91. The number of rotatable bonds is 8. The summed E-state index contributed by atoms with van der Waals surface area (Å²) in [6.07, 6.45) is -1.58. The van der Waals surface area contributed by atoms with Crippen molar-refractivity contribution in [2.75, 3.05) is 31.5 Å². The third-order valence-corrected chi connectivity index (χ3v) is 4.58. The molecule has 202 valence electrons. The molecule has 0 unspecified atom stereocenters. The van der Waals surface area contributed by atoms with Gasteiger partial charge in [-0.1, -0.05) is 5.16 Å². The molecule has 1 aromatic carbocycles. The van der Waals surface area contributed by atoms with Gasteiger partial charge in [-0.05, 0) is 65.2 Å². The molecule has 0 spiro atoms. The molecule has 0 aliphatic heterocycles. The van der Waals surface area contributed by atoms with E-state index in [1.807, 2.05) is 20.8 Å². The highest BCUT2D eigenvalue weighted by Gasteiger charge is 2.23. The highest BCUT2D eigenvalue weighted by molar-refractivity contribution is 9.10. The van der Waals surface area contributed by atoms with Crippen molar-refractivity contribution in [3.63, 3.8) is 0 Å². The summed E-state index contributed by atoms with van der Waals surface area (Å²) in [5.74, 6) is -1.22. The zero-order valence-corrected chi connectivity index (χ0v) is 21.7. The molecule has 0 radical (unpaired) electrons. The minimum absolute atomic E-state index is 0.0246. The van der Waals surface area contributed by atoms with Crippen LogP contribution in [0.25, 0.3) is 17.2 Å². The molecule has 3 aromatic rings. The first kappa shape index (κ1) is 29.2. The zero-order chi connectivity index (χ0) is 27.6. The maximum absolute atomic E-state index is 13.4. The Morgan fingerprint density at radius 2 is 1.92 bits per heavy atom. The van der Waals surface area contributed by atoms with Gasteiger partial charge in [0.2, 0.25) is 11.6 Å². The van der Waals surface area contributed by atoms with Crippen LogP contribution in [0, 0.1) is 5.82 Å². The minimum atomic E-state index is -1.17. The smallest absolute Gasteiger partial charge is 0.446 e. The zero-order valence-electron chi connectivity index (χ0n) is 20.1. The van der Waals surface area contributed by atoms with Gasteiger partial charge in [0.25, 0.3) is 0 Å². The first-order valence-electron chi connectivity index (χ1n) is 10.7. The number of nitrogens with zero attached hydrogens (tertiary/aromatic N) is 4. The number of carboxylic acid groups (broad SMARTS) is 1. The molecule has 0 atom stereocenters. The number of anilines is 1. The van der Waals surface area contributed by atoms with Crippen LogP contribution < -0.4 is 27.4 Å². The van der Waals surface area contributed by atoms with Crippen LogP contribution in [0.2, 0.25) is 0 Å². The van der Waals surface area contributed by atoms with Gasteiger partial charge in [0.15, 0.2) is 5.69 Å². The number of aromatic nitrogens is 4. The van der Waals surface area contributed by atoms with Crippen LogP contribution in [0.15, 0.2) is 36.6 Å². The van der Waals surface area contributed by atoms with Gasteiger partial charge in [-0.25, -0.2) is 28.0 Å². The van der Waals surface area contributed by atoms with E-state index in [1.165, 1.54) is 18.2 Å². The molecule has 0 bridgehead atoms. The maximum Gasteiger partial charge on any atom is 0.446 e. The summed E-state index contributed by atoms with van der Waals surface area (Å²) in [4.78, 5) is 33.3. The van der Waals surface area contributed by atoms with Crippen LogP contribution in [0.3, 0.4) is 0 Å². The van der Waals surface area contributed by atoms with Crippen molar-refractivity contribution in [3.05, 3.63) is 39.0 Å². The fraction of sp³-hybridized carbons (Fsp3) is 0.400. The predicted molar refractivity (Wildman–Crippen MR) is 131 cm³/mol. The normalized spacial score (nSPS) is 10.8. The average molecular weight is 589 g/mol. The fourth-order valence-electron chi connectivity index (χ4n) is 2.54. The molecule has 17 heteroatoms. The van der Waals surface area contributed by atoms with Crippen LogP contribution >= 0.6 is 15.9 Å². The number of hydrogen-bond donors (Lipinski definition) is 5. The Kier molecular flexibility index (Phi) is 10.6. The number of carbonyl (C=O) groups excluding carboxylic acids is 1. The number of nitrogens with two attached hydrogens (primary N) is 1.